The summed E-state index contributed by atoms with van der Waals surface area (Å²) >= 11 is 0. The number of hydrogen-bond donors (Lipinski definition) is 0. The van der Waals surface area contributed by atoms with Gasteiger partial charge in [0.2, 0.25) is 10.0 Å². The molecule has 2 aliphatic heterocycles. The number of amides is 1. The molecule has 0 bridgehead atoms. The number of carbonyl (C=O) groups is 1. The van der Waals surface area contributed by atoms with Gasteiger partial charge in [0.05, 0.1) is 18.1 Å². The number of sulfonamides is 1. The Morgan fingerprint density at radius 2 is 1.61 bits per heavy atom. The lowest BCUT2D eigenvalue weighted by molar-refractivity contribution is 0.0205. The molecule has 1 amide bonds. The van der Waals surface area contributed by atoms with Crippen LogP contribution in [0.15, 0.2) is 29.2 Å². The monoisotopic (exact) mass is 410 g/mol. The average molecular weight is 411 g/mol. The second-order valence-electron chi connectivity index (χ2n) is 8.33. The maximum Gasteiger partial charge on any atom is 0.410 e. The molecule has 3 rings (SSSR count). The molecule has 2 aliphatic rings. The highest BCUT2D eigenvalue weighted by atomic mass is 32.2. The lowest BCUT2D eigenvalue weighted by Gasteiger charge is -2.33. The van der Waals surface area contributed by atoms with Crippen LogP contribution in [0.1, 0.15) is 45.1 Å². The van der Waals surface area contributed by atoms with Gasteiger partial charge < -0.3 is 14.4 Å². The van der Waals surface area contributed by atoms with Crippen molar-refractivity contribution in [2.24, 2.45) is 0 Å². The van der Waals surface area contributed by atoms with Crippen LogP contribution in [0.2, 0.25) is 0 Å². The third kappa shape index (κ3) is 5.04. The van der Waals surface area contributed by atoms with E-state index in [1.165, 1.54) is 4.31 Å². The first-order valence-corrected chi connectivity index (χ1v) is 11.3. The summed E-state index contributed by atoms with van der Waals surface area (Å²) in [5, 5.41) is 0. The summed E-state index contributed by atoms with van der Waals surface area (Å²) in [5.74, 6) is 0.318. The minimum Gasteiger partial charge on any atom is -0.444 e. The fourth-order valence-electron chi connectivity index (χ4n) is 3.57. The topological polar surface area (TPSA) is 76.2 Å². The summed E-state index contributed by atoms with van der Waals surface area (Å²) in [7, 11) is -3.46. The molecule has 0 saturated carbocycles. The molecule has 2 fully saturated rings. The van der Waals surface area contributed by atoms with Crippen molar-refractivity contribution in [3.05, 3.63) is 29.8 Å². The zero-order chi connectivity index (χ0) is 20.4. The molecule has 1 aromatic rings. The third-order valence-corrected chi connectivity index (χ3v) is 7.02. The number of nitrogens with zero attached hydrogens (tertiary/aromatic N) is 2. The predicted octanol–water partition coefficient (Wildman–Crippen LogP) is 2.82. The number of morpholine rings is 1. The van der Waals surface area contributed by atoms with Crippen LogP contribution in [0.3, 0.4) is 0 Å². The fraction of sp³-hybridized carbons (Fsp3) is 0.650. The molecule has 0 radical (unpaired) electrons. The lowest BCUT2D eigenvalue weighted by Crippen LogP contribution is -2.41. The molecule has 7 nitrogen and oxygen atoms in total. The van der Waals surface area contributed by atoms with Crippen molar-refractivity contribution in [2.45, 2.75) is 50.0 Å². The van der Waals surface area contributed by atoms with Crippen molar-refractivity contribution < 1.29 is 22.7 Å². The molecular formula is C20H30N2O5S. The first-order valence-electron chi connectivity index (χ1n) is 9.82. The summed E-state index contributed by atoms with van der Waals surface area (Å²) in [6.07, 6.45) is 1.42. The second-order valence-corrected chi connectivity index (χ2v) is 10.3. The van der Waals surface area contributed by atoms with Crippen molar-refractivity contribution in [1.82, 2.24) is 9.21 Å². The fourth-order valence-corrected chi connectivity index (χ4v) is 4.98. The minimum absolute atomic E-state index is 0.266. The Kier molecular flexibility index (Phi) is 6.31. The minimum atomic E-state index is -3.46. The highest BCUT2D eigenvalue weighted by Crippen LogP contribution is 2.30. The Balaban J connectivity index is 1.60. The summed E-state index contributed by atoms with van der Waals surface area (Å²) in [6, 6.07) is 7.20. The van der Waals surface area contributed by atoms with E-state index in [-0.39, 0.29) is 6.09 Å². The van der Waals surface area contributed by atoms with E-state index in [9.17, 15) is 13.2 Å². The Morgan fingerprint density at radius 3 is 2.14 bits per heavy atom. The molecule has 0 spiro atoms. The second kappa shape index (κ2) is 8.39. The highest BCUT2D eigenvalue weighted by molar-refractivity contribution is 7.89. The molecule has 8 heteroatoms. The van der Waals surface area contributed by atoms with Gasteiger partial charge in [-0.3, -0.25) is 0 Å². The van der Waals surface area contributed by atoms with Gasteiger partial charge in [-0.25, -0.2) is 13.2 Å². The van der Waals surface area contributed by atoms with Gasteiger partial charge in [-0.1, -0.05) is 12.1 Å². The summed E-state index contributed by atoms with van der Waals surface area (Å²) in [4.78, 5) is 14.3. The summed E-state index contributed by atoms with van der Waals surface area (Å²) in [5.41, 5.74) is 0.625. The Bertz CT molecular complexity index is 772. The zero-order valence-corrected chi connectivity index (χ0v) is 17.7. The van der Waals surface area contributed by atoms with Gasteiger partial charge in [-0.15, -0.1) is 0 Å². The van der Waals surface area contributed by atoms with Crippen LogP contribution >= 0.6 is 0 Å². The van der Waals surface area contributed by atoms with E-state index in [4.69, 9.17) is 9.47 Å². The van der Waals surface area contributed by atoms with Gasteiger partial charge in [0.15, 0.2) is 0 Å². The maximum absolute atomic E-state index is 12.7. The molecule has 2 heterocycles. The molecule has 0 atom stereocenters. The number of hydrogen-bond acceptors (Lipinski definition) is 5. The number of carbonyl (C=O) groups excluding carboxylic acids is 1. The van der Waals surface area contributed by atoms with Gasteiger partial charge in [-0.2, -0.15) is 4.31 Å². The van der Waals surface area contributed by atoms with Gasteiger partial charge in [0, 0.05) is 26.2 Å². The van der Waals surface area contributed by atoms with Crippen molar-refractivity contribution in [3.8, 4) is 0 Å². The summed E-state index contributed by atoms with van der Waals surface area (Å²) < 4.78 is 37.6. The third-order valence-electron chi connectivity index (χ3n) is 5.11. The standard InChI is InChI=1S/C20H30N2O5S/c1-20(2,3)27-19(23)21-10-8-17(9-11-21)16-4-6-18(7-5-16)28(24,25)22-12-14-26-15-13-22/h4-7,17H,8-15H2,1-3H3. The van der Waals surface area contributed by atoms with Crippen LogP contribution in [-0.4, -0.2) is 68.7 Å². The smallest absolute Gasteiger partial charge is 0.410 e. The molecule has 156 valence electrons. The molecular weight excluding hydrogens is 380 g/mol. The molecule has 0 aromatic heterocycles. The predicted molar refractivity (Wildman–Crippen MR) is 106 cm³/mol. The van der Waals surface area contributed by atoms with Gasteiger partial charge in [-0.05, 0) is 57.2 Å². The average Bonchev–Trinajstić information content (AvgIpc) is 2.67. The van der Waals surface area contributed by atoms with Crippen molar-refractivity contribution in [1.29, 1.82) is 0 Å². The quantitative estimate of drug-likeness (QED) is 0.766. The molecule has 28 heavy (non-hydrogen) atoms. The van der Waals surface area contributed by atoms with Gasteiger partial charge in [0.1, 0.15) is 5.60 Å². The molecule has 2 saturated heterocycles. The van der Waals surface area contributed by atoms with Crippen molar-refractivity contribution >= 4 is 16.1 Å². The van der Waals surface area contributed by atoms with E-state index in [1.807, 2.05) is 32.9 Å². The zero-order valence-electron chi connectivity index (χ0n) is 16.9. The largest absolute Gasteiger partial charge is 0.444 e. The van der Waals surface area contributed by atoms with E-state index in [0.29, 0.717) is 50.2 Å². The van der Waals surface area contributed by atoms with Crippen LogP contribution < -0.4 is 0 Å². The van der Waals surface area contributed by atoms with Gasteiger partial charge in [0.25, 0.3) is 0 Å². The van der Waals surface area contributed by atoms with Gasteiger partial charge >= 0.3 is 6.09 Å². The normalized spacial score (nSPS) is 20.2. The molecule has 0 unspecified atom stereocenters. The molecule has 0 aliphatic carbocycles. The SMILES string of the molecule is CC(C)(C)OC(=O)N1CCC(c2ccc(S(=O)(=O)N3CCOCC3)cc2)CC1. The maximum atomic E-state index is 12.7. The highest BCUT2D eigenvalue weighted by Gasteiger charge is 2.29. The Labute approximate surface area is 167 Å². The molecule has 0 N–H and O–H groups in total. The van der Waals surface area contributed by atoms with Crippen molar-refractivity contribution in [2.75, 3.05) is 39.4 Å². The Morgan fingerprint density at radius 1 is 1.04 bits per heavy atom. The van der Waals surface area contributed by atoms with E-state index >= 15 is 0 Å². The summed E-state index contributed by atoms with van der Waals surface area (Å²) in [6.45, 7) is 8.56. The van der Waals surface area contributed by atoms with Crippen LogP contribution in [0.5, 0.6) is 0 Å². The van der Waals surface area contributed by atoms with Crippen LogP contribution in [0, 0.1) is 0 Å². The van der Waals surface area contributed by atoms with E-state index in [0.717, 1.165) is 18.4 Å². The Hall–Kier alpha value is -1.64. The van der Waals surface area contributed by atoms with E-state index in [2.05, 4.69) is 0 Å². The molecule has 1 aromatic carbocycles. The number of likely N-dealkylation sites (tertiary alicyclic amines) is 1. The first kappa shape index (κ1) is 21.1. The number of rotatable bonds is 3. The number of benzene rings is 1. The van der Waals surface area contributed by atoms with Crippen LogP contribution in [0.25, 0.3) is 0 Å². The van der Waals surface area contributed by atoms with Crippen LogP contribution in [-0.2, 0) is 19.5 Å². The first-order chi connectivity index (χ1) is 13.2. The van der Waals surface area contributed by atoms with E-state index < -0.39 is 15.6 Å². The number of ether oxygens (including phenoxy) is 2. The van der Waals surface area contributed by atoms with Crippen LogP contribution in [0.4, 0.5) is 4.79 Å². The number of piperidine rings is 1. The van der Waals surface area contributed by atoms with E-state index in [1.54, 1.807) is 17.0 Å². The van der Waals surface area contributed by atoms with Crippen molar-refractivity contribution in [3.63, 3.8) is 0 Å². The lowest BCUT2D eigenvalue weighted by atomic mass is 9.90.